The van der Waals surface area contributed by atoms with E-state index >= 15 is 4.39 Å². The van der Waals surface area contributed by atoms with Crippen molar-refractivity contribution in [3.63, 3.8) is 0 Å². The Kier molecular flexibility index (Phi) is 3.82. The minimum atomic E-state index is -1.29. The van der Waals surface area contributed by atoms with Gasteiger partial charge in [-0.2, -0.15) is 5.10 Å². The molecule has 3 heterocycles. The number of anilines is 1. The summed E-state index contributed by atoms with van der Waals surface area (Å²) in [6.45, 7) is 0.449. The van der Waals surface area contributed by atoms with Gasteiger partial charge in [-0.15, -0.1) is 0 Å². The molecule has 1 N–H and O–H groups in total. The van der Waals surface area contributed by atoms with Gasteiger partial charge in [-0.1, -0.05) is 0 Å². The number of aromatic nitrogens is 2. The predicted octanol–water partition coefficient (Wildman–Crippen LogP) is 3.79. The van der Waals surface area contributed by atoms with Crippen LogP contribution in [0.5, 0.6) is 0 Å². The topological polar surface area (TPSA) is 57.8 Å². The third-order valence-corrected chi connectivity index (χ3v) is 4.71. The molecule has 1 aromatic carbocycles. The average molecular weight is 361 g/mol. The van der Waals surface area contributed by atoms with Crippen LogP contribution < -0.4 is 4.90 Å². The van der Waals surface area contributed by atoms with Crippen molar-refractivity contribution in [3.8, 4) is 0 Å². The van der Waals surface area contributed by atoms with Crippen LogP contribution in [0.25, 0.3) is 5.52 Å². The minimum absolute atomic E-state index is 0.145. The predicted molar refractivity (Wildman–Crippen MR) is 87.8 cm³/mol. The van der Waals surface area contributed by atoms with Crippen LogP contribution in [0.2, 0.25) is 0 Å². The number of carboxylic acid groups (broad SMARTS) is 1. The number of benzene rings is 1. The van der Waals surface area contributed by atoms with E-state index in [-0.39, 0.29) is 22.3 Å². The first kappa shape index (κ1) is 16.4. The van der Waals surface area contributed by atoms with E-state index < -0.39 is 29.5 Å². The maximum Gasteiger partial charge on any atom is 0.339 e. The summed E-state index contributed by atoms with van der Waals surface area (Å²) in [5, 5.41) is 13.1. The van der Waals surface area contributed by atoms with Gasteiger partial charge in [0.15, 0.2) is 5.82 Å². The number of aromatic carboxylic acids is 1. The van der Waals surface area contributed by atoms with Crippen molar-refractivity contribution in [1.82, 2.24) is 9.61 Å². The Morgan fingerprint density at radius 2 is 2.04 bits per heavy atom. The van der Waals surface area contributed by atoms with Gasteiger partial charge in [0.1, 0.15) is 22.7 Å². The Morgan fingerprint density at radius 1 is 1.23 bits per heavy atom. The molecule has 0 aliphatic carbocycles. The molecule has 26 heavy (non-hydrogen) atoms. The molecule has 0 spiro atoms. The Bertz CT molecular complexity index is 1020. The third kappa shape index (κ3) is 2.49. The average Bonchev–Trinajstić information content (AvgIpc) is 3.24. The lowest BCUT2D eigenvalue weighted by Gasteiger charge is -2.28. The highest BCUT2D eigenvalue weighted by molar-refractivity contribution is 5.96. The number of nitrogens with zero attached hydrogens (tertiary/aromatic N) is 3. The quantitative estimate of drug-likeness (QED) is 0.771. The summed E-state index contributed by atoms with van der Waals surface area (Å²) in [6.07, 6.45) is 3.75. The molecule has 1 aliphatic heterocycles. The molecule has 0 bridgehead atoms. The number of hydrogen-bond donors (Lipinski definition) is 1. The Morgan fingerprint density at radius 3 is 2.81 bits per heavy atom. The number of hydrogen-bond acceptors (Lipinski definition) is 3. The molecule has 0 amide bonds. The molecule has 3 aromatic rings. The largest absolute Gasteiger partial charge is 0.478 e. The SMILES string of the molecule is O=C(O)c1cnn2ccc(N3CCCC3c3cc(F)ccc3F)c(F)c12. The van der Waals surface area contributed by atoms with Crippen LogP contribution in [-0.2, 0) is 0 Å². The van der Waals surface area contributed by atoms with Crippen LogP contribution in [-0.4, -0.2) is 27.2 Å². The number of carbonyl (C=O) groups is 1. The van der Waals surface area contributed by atoms with Crippen LogP contribution in [0.15, 0.2) is 36.7 Å². The van der Waals surface area contributed by atoms with E-state index in [1.807, 2.05) is 0 Å². The van der Waals surface area contributed by atoms with Gasteiger partial charge < -0.3 is 10.0 Å². The molecule has 1 fully saturated rings. The fraction of sp³-hybridized carbons (Fsp3) is 0.222. The molecular weight excluding hydrogens is 347 g/mol. The second-order valence-electron chi connectivity index (χ2n) is 6.19. The van der Waals surface area contributed by atoms with Crippen LogP contribution in [0.4, 0.5) is 18.9 Å². The monoisotopic (exact) mass is 361 g/mol. The first-order chi connectivity index (χ1) is 12.5. The van der Waals surface area contributed by atoms with Gasteiger partial charge in [0.2, 0.25) is 0 Å². The van der Waals surface area contributed by atoms with Gasteiger partial charge in [-0.05, 0) is 37.1 Å². The zero-order valence-corrected chi connectivity index (χ0v) is 13.5. The first-order valence-electron chi connectivity index (χ1n) is 8.08. The lowest BCUT2D eigenvalue weighted by Crippen LogP contribution is -2.25. The fourth-order valence-corrected chi connectivity index (χ4v) is 3.56. The van der Waals surface area contributed by atoms with E-state index in [2.05, 4.69) is 5.10 Å². The van der Waals surface area contributed by atoms with Crippen LogP contribution in [0.1, 0.15) is 34.8 Å². The molecule has 1 atom stereocenters. The van der Waals surface area contributed by atoms with Crippen molar-refractivity contribution in [2.24, 2.45) is 0 Å². The summed E-state index contributed by atoms with van der Waals surface area (Å²) in [5.74, 6) is -3.15. The molecule has 1 saturated heterocycles. The summed E-state index contributed by atoms with van der Waals surface area (Å²) in [7, 11) is 0. The molecule has 134 valence electrons. The van der Waals surface area contributed by atoms with Gasteiger partial charge in [-0.25, -0.2) is 22.5 Å². The van der Waals surface area contributed by atoms with Crippen molar-refractivity contribution >= 4 is 17.2 Å². The van der Waals surface area contributed by atoms with E-state index in [4.69, 9.17) is 0 Å². The standard InChI is InChI=1S/C18H14F3N3O2/c19-10-3-4-13(20)11(8-10)14-2-1-6-23(14)15-5-7-24-17(16(15)21)12(9-22-24)18(25)26/h3-5,7-9,14H,1-2,6H2,(H,25,26). The molecule has 0 saturated carbocycles. The van der Waals surface area contributed by atoms with Gasteiger partial charge in [0, 0.05) is 18.3 Å². The second kappa shape index (κ2) is 6.05. The zero-order chi connectivity index (χ0) is 18.4. The number of pyridine rings is 1. The van der Waals surface area contributed by atoms with Gasteiger partial charge >= 0.3 is 5.97 Å². The summed E-state index contributed by atoms with van der Waals surface area (Å²) >= 11 is 0. The van der Waals surface area contributed by atoms with Crippen LogP contribution >= 0.6 is 0 Å². The van der Waals surface area contributed by atoms with Crippen molar-refractivity contribution in [1.29, 1.82) is 0 Å². The molecule has 0 radical (unpaired) electrons. The van der Waals surface area contributed by atoms with Gasteiger partial charge in [0.05, 0.1) is 17.9 Å². The molecule has 2 aromatic heterocycles. The highest BCUT2D eigenvalue weighted by Crippen LogP contribution is 2.39. The molecule has 5 nitrogen and oxygen atoms in total. The number of fused-ring (bicyclic) bond motifs is 1. The lowest BCUT2D eigenvalue weighted by molar-refractivity contribution is 0.0698. The first-order valence-corrected chi connectivity index (χ1v) is 8.08. The highest BCUT2D eigenvalue weighted by Gasteiger charge is 2.31. The summed E-state index contributed by atoms with van der Waals surface area (Å²) in [6, 6.07) is 4.15. The zero-order valence-electron chi connectivity index (χ0n) is 13.5. The van der Waals surface area contributed by atoms with Crippen LogP contribution in [0, 0.1) is 17.5 Å². The maximum absolute atomic E-state index is 15.1. The van der Waals surface area contributed by atoms with E-state index in [0.717, 1.165) is 28.9 Å². The molecule has 1 unspecified atom stereocenters. The van der Waals surface area contributed by atoms with Gasteiger partial charge in [-0.3, -0.25) is 0 Å². The number of rotatable bonds is 3. The Labute approximate surface area is 146 Å². The summed E-state index contributed by atoms with van der Waals surface area (Å²) < 4.78 is 44.0. The fourth-order valence-electron chi connectivity index (χ4n) is 3.56. The Hall–Kier alpha value is -3.03. The maximum atomic E-state index is 15.1. The van der Waals surface area contributed by atoms with Crippen molar-refractivity contribution < 1.29 is 23.1 Å². The van der Waals surface area contributed by atoms with E-state index in [9.17, 15) is 18.7 Å². The second-order valence-corrected chi connectivity index (χ2v) is 6.19. The van der Waals surface area contributed by atoms with Gasteiger partial charge in [0.25, 0.3) is 0 Å². The van der Waals surface area contributed by atoms with Crippen LogP contribution in [0.3, 0.4) is 0 Å². The van der Waals surface area contributed by atoms with Crippen molar-refractivity contribution in [2.75, 3.05) is 11.4 Å². The molecular formula is C18H14F3N3O2. The number of halogens is 3. The molecule has 4 rings (SSSR count). The minimum Gasteiger partial charge on any atom is -0.478 e. The number of carboxylic acids is 1. The van der Waals surface area contributed by atoms with E-state index in [1.165, 1.54) is 12.3 Å². The highest BCUT2D eigenvalue weighted by atomic mass is 19.1. The lowest BCUT2D eigenvalue weighted by atomic mass is 10.0. The smallest absolute Gasteiger partial charge is 0.339 e. The van der Waals surface area contributed by atoms with E-state index in [1.54, 1.807) is 4.90 Å². The normalized spacial score (nSPS) is 17.2. The Balaban J connectivity index is 1.83. The van der Waals surface area contributed by atoms with Crippen molar-refractivity contribution in [3.05, 3.63) is 65.2 Å². The molecule has 8 heteroatoms. The van der Waals surface area contributed by atoms with Crippen molar-refractivity contribution in [2.45, 2.75) is 18.9 Å². The van der Waals surface area contributed by atoms with E-state index in [0.29, 0.717) is 19.4 Å². The summed E-state index contributed by atoms with van der Waals surface area (Å²) in [5.41, 5.74) is -0.0993. The molecule has 1 aliphatic rings. The summed E-state index contributed by atoms with van der Waals surface area (Å²) in [4.78, 5) is 12.9. The third-order valence-electron chi connectivity index (χ3n) is 4.71.